The van der Waals surface area contributed by atoms with Crippen molar-refractivity contribution in [2.45, 2.75) is 10.8 Å². The number of hydrazone groups is 1. The van der Waals surface area contributed by atoms with E-state index < -0.39 is 16.1 Å². The lowest BCUT2D eigenvalue weighted by Gasteiger charge is -2.15. The maximum atomic E-state index is 12.2. The molecule has 1 atom stereocenters. The number of urea groups is 1. The molecule has 1 heterocycles. The molecule has 2 aromatic carbocycles. The smallest absolute Gasteiger partial charge is 0.246 e. The molecule has 3 rings (SSSR count). The molecule has 0 saturated heterocycles. The number of carbonyl (C=O) groups excluding carboxylic acids is 1. The van der Waals surface area contributed by atoms with Gasteiger partial charge in [0.05, 0.1) is 11.4 Å². The zero-order chi connectivity index (χ0) is 17.2. The molecular weight excluding hydrogens is 350 g/mol. The molecule has 124 valence electrons. The van der Waals surface area contributed by atoms with Crippen LogP contribution in [-0.2, 0) is 10.0 Å². The SMILES string of the molecule is O=C(NS(=O)(=O)c1ccc(Cl)cc1)N1CC(c2ccccc2)C=N1. The van der Waals surface area contributed by atoms with Gasteiger partial charge in [0.25, 0.3) is 10.0 Å². The van der Waals surface area contributed by atoms with Crippen LogP contribution < -0.4 is 4.72 Å². The summed E-state index contributed by atoms with van der Waals surface area (Å²) in [4.78, 5) is 12.1. The number of nitrogens with zero attached hydrogens (tertiary/aromatic N) is 2. The van der Waals surface area contributed by atoms with E-state index >= 15 is 0 Å². The molecule has 0 aromatic heterocycles. The van der Waals surface area contributed by atoms with E-state index in [1.54, 1.807) is 6.21 Å². The molecule has 1 aliphatic rings. The van der Waals surface area contributed by atoms with Crippen LogP contribution in [0.5, 0.6) is 0 Å². The fraction of sp³-hybridized carbons (Fsp3) is 0.125. The number of rotatable bonds is 3. The molecule has 8 heteroatoms. The van der Waals surface area contributed by atoms with Gasteiger partial charge >= 0.3 is 6.03 Å². The average molecular weight is 364 g/mol. The second kappa shape index (κ2) is 6.62. The van der Waals surface area contributed by atoms with Gasteiger partial charge in [0.1, 0.15) is 0 Å². The summed E-state index contributed by atoms with van der Waals surface area (Å²) in [5, 5.41) is 5.51. The number of halogens is 1. The molecular formula is C16H14ClN3O3S. The Morgan fingerprint density at radius 3 is 2.46 bits per heavy atom. The zero-order valence-corrected chi connectivity index (χ0v) is 14.0. The predicted octanol–water partition coefficient (Wildman–Crippen LogP) is 2.82. The molecule has 2 aromatic rings. The zero-order valence-electron chi connectivity index (χ0n) is 12.5. The molecule has 0 spiro atoms. The highest BCUT2D eigenvalue weighted by Crippen LogP contribution is 2.20. The van der Waals surface area contributed by atoms with Crippen LogP contribution in [0.15, 0.2) is 64.6 Å². The Morgan fingerprint density at radius 2 is 1.79 bits per heavy atom. The summed E-state index contributed by atoms with van der Waals surface area (Å²) in [6, 6.07) is 14.3. The van der Waals surface area contributed by atoms with Crippen LogP contribution in [0.3, 0.4) is 0 Å². The predicted molar refractivity (Wildman–Crippen MR) is 91.6 cm³/mol. The van der Waals surface area contributed by atoms with Crippen LogP contribution in [0.25, 0.3) is 0 Å². The summed E-state index contributed by atoms with van der Waals surface area (Å²) in [7, 11) is -3.97. The first-order valence-electron chi connectivity index (χ1n) is 7.15. The maximum Gasteiger partial charge on any atom is 0.351 e. The third kappa shape index (κ3) is 3.58. The molecule has 0 aliphatic carbocycles. The highest BCUT2D eigenvalue weighted by molar-refractivity contribution is 7.90. The van der Waals surface area contributed by atoms with Gasteiger partial charge in [-0.3, -0.25) is 0 Å². The lowest BCUT2D eigenvalue weighted by Crippen LogP contribution is -2.39. The van der Waals surface area contributed by atoms with Crippen molar-refractivity contribution in [2.75, 3.05) is 6.54 Å². The van der Waals surface area contributed by atoms with Gasteiger partial charge in [0.15, 0.2) is 0 Å². The van der Waals surface area contributed by atoms with E-state index in [2.05, 4.69) is 5.10 Å². The third-order valence-electron chi connectivity index (χ3n) is 3.56. The molecule has 1 aliphatic heterocycles. The van der Waals surface area contributed by atoms with Crippen molar-refractivity contribution < 1.29 is 13.2 Å². The van der Waals surface area contributed by atoms with Gasteiger partial charge in [0.2, 0.25) is 0 Å². The molecule has 0 radical (unpaired) electrons. The number of amides is 2. The normalized spacial score (nSPS) is 17.0. The standard InChI is InChI=1S/C16H14ClN3O3S/c17-14-6-8-15(9-7-14)24(22,23)19-16(21)20-11-13(10-18-20)12-4-2-1-3-5-12/h1-10,13H,11H2,(H,19,21). The van der Waals surface area contributed by atoms with E-state index in [-0.39, 0.29) is 17.4 Å². The van der Waals surface area contributed by atoms with Gasteiger partial charge in [-0.15, -0.1) is 0 Å². The van der Waals surface area contributed by atoms with Gasteiger partial charge in [0, 0.05) is 17.2 Å². The van der Waals surface area contributed by atoms with Gasteiger partial charge in [-0.05, 0) is 29.8 Å². The molecule has 6 nitrogen and oxygen atoms in total. The summed E-state index contributed by atoms with van der Waals surface area (Å²) in [5.74, 6) is -0.0600. The number of nitrogens with one attached hydrogen (secondary N) is 1. The van der Waals surface area contributed by atoms with E-state index in [4.69, 9.17) is 11.6 Å². The molecule has 2 amide bonds. The lowest BCUT2D eigenvalue weighted by molar-refractivity contribution is 0.210. The molecule has 24 heavy (non-hydrogen) atoms. The van der Waals surface area contributed by atoms with Crippen LogP contribution in [0.1, 0.15) is 11.5 Å². The fourth-order valence-electron chi connectivity index (χ4n) is 2.31. The number of carbonyl (C=O) groups is 1. The summed E-state index contributed by atoms with van der Waals surface area (Å²) >= 11 is 5.74. The minimum absolute atomic E-state index is 0.0389. The van der Waals surface area contributed by atoms with E-state index in [0.717, 1.165) is 10.6 Å². The minimum Gasteiger partial charge on any atom is -0.246 e. The van der Waals surface area contributed by atoms with Crippen molar-refractivity contribution in [3.05, 3.63) is 65.2 Å². The number of hydrogen-bond donors (Lipinski definition) is 1. The van der Waals surface area contributed by atoms with Crippen molar-refractivity contribution in [3.8, 4) is 0 Å². The molecule has 0 fully saturated rings. The Morgan fingerprint density at radius 1 is 1.12 bits per heavy atom. The van der Waals surface area contributed by atoms with Gasteiger partial charge in [-0.25, -0.2) is 22.9 Å². The van der Waals surface area contributed by atoms with Crippen LogP contribution in [-0.4, -0.2) is 32.2 Å². The Kier molecular flexibility index (Phi) is 4.55. The van der Waals surface area contributed by atoms with Crippen LogP contribution in [0.4, 0.5) is 4.79 Å². The highest BCUT2D eigenvalue weighted by Gasteiger charge is 2.27. The second-order valence-electron chi connectivity index (χ2n) is 5.23. The largest absolute Gasteiger partial charge is 0.351 e. The second-order valence-corrected chi connectivity index (χ2v) is 7.35. The number of benzene rings is 2. The van der Waals surface area contributed by atoms with Crippen LogP contribution >= 0.6 is 11.6 Å². The average Bonchev–Trinajstić information content (AvgIpc) is 3.06. The summed E-state index contributed by atoms with van der Waals surface area (Å²) in [6.07, 6.45) is 1.63. The topological polar surface area (TPSA) is 78.8 Å². The molecule has 0 saturated carbocycles. The van der Waals surface area contributed by atoms with Crippen molar-refractivity contribution in [1.82, 2.24) is 9.73 Å². The first-order chi connectivity index (χ1) is 11.5. The third-order valence-corrected chi connectivity index (χ3v) is 5.15. The van der Waals surface area contributed by atoms with Gasteiger partial charge < -0.3 is 0 Å². The fourth-order valence-corrected chi connectivity index (χ4v) is 3.38. The summed E-state index contributed by atoms with van der Waals surface area (Å²) in [6.45, 7) is 0.284. The first kappa shape index (κ1) is 16.5. The molecule has 1 unspecified atom stereocenters. The summed E-state index contributed by atoms with van der Waals surface area (Å²) in [5.41, 5.74) is 1.01. The first-order valence-corrected chi connectivity index (χ1v) is 9.01. The van der Waals surface area contributed by atoms with Crippen molar-refractivity contribution in [3.63, 3.8) is 0 Å². The Labute approximate surface area is 144 Å². The monoisotopic (exact) mass is 363 g/mol. The lowest BCUT2D eigenvalue weighted by atomic mass is 10.0. The maximum absolute atomic E-state index is 12.2. The van der Waals surface area contributed by atoms with Gasteiger partial charge in [-0.2, -0.15) is 5.10 Å². The highest BCUT2D eigenvalue weighted by atomic mass is 35.5. The number of sulfonamides is 1. The Bertz CT molecular complexity index is 867. The quantitative estimate of drug-likeness (QED) is 0.910. The number of hydrogen-bond acceptors (Lipinski definition) is 4. The minimum atomic E-state index is -3.97. The van der Waals surface area contributed by atoms with E-state index in [9.17, 15) is 13.2 Å². The van der Waals surface area contributed by atoms with Gasteiger partial charge in [-0.1, -0.05) is 41.9 Å². The van der Waals surface area contributed by atoms with E-state index in [1.165, 1.54) is 24.3 Å². The van der Waals surface area contributed by atoms with Crippen molar-refractivity contribution >= 4 is 33.9 Å². The Balaban J connectivity index is 1.68. The van der Waals surface area contributed by atoms with Crippen LogP contribution in [0, 0.1) is 0 Å². The van der Waals surface area contributed by atoms with E-state index in [0.29, 0.717) is 5.02 Å². The van der Waals surface area contributed by atoms with E-state index in [1.807, 2.05) is 35.1 Å². The Hall–Kier alpha value is -2.38. The molecule has 1 N–H and O–H groups in total. The van der Waals surface area contributed by atoms with Crippen LogP contribution in [0.2, 0.25) is 5.02 Å². The summed E-state index contributed by atoms with van der Waals surface area (Å²) < 4.78 is 26.4. The van der Waals surface area contributed by atoms with Crippen molar-refractivity contribution in [2.24, 2.45) is 5.10 Å². The van der Waals surface area contributed by atoms with Crippen molar-refractivity contribution in [1.29, 1.82) is 0 Å². The molecule has 0 bridgehead atoms.